The molecular weight excluding hydrogens is 372 g/mol. The quantitative estimate of drug-likeness (QED) is 0.363. The van der Waals surface area contributed by atoms with Gasteiger partial charge in [-0.2, -0.15) is 0 Å². The molecule has 0 fully saturated rings. The van der Waals surface area contributed by atoms with Crippen molar-refractivity contribution in [1.82, 2.24) is 9.97 Å². The van der Waals surface area contributed by atoms with E-state index in [1.165, 1.54) is 6.33 Å². The van der Waals surface area contributed by atoms with E-state index in [2.05, 4.69) is 39.8 Å². The van der Waals surface area contributed by atoms with Gasteiger partial charge in [-0.3, -0.25) is 10.4 Å². The van der Waals surface area contributed by atoms with Crippen LogP contribution in [-0.2, 0) is 0 Å². The fourth-order valence-electron chi connectivity index (χ4n) is 3.17. The van der Waals surface area contributed by atoms with Crippen LogP contribution in [0.25, 0.3) is 0 Å². The minimum absolute atomic E-state index is 0.0515. The van der Waals surface area contributed by atoms with Crippen LogP contribution in [0, 0.1) is 0 Å². The van der Waals surface area contributed by atoms with E-state index >= 15 is 0 Å². The van der Waals surface area contributed by atoms with Crippen molar-refractivity contribution in [3.05, 3.63) is 103 Å². The van der Waals surface area contributed by atoms with E-state index in [1.54, 1.807) is 0 Å². The predicted octanol–water partition coefficient (Wildman–Crippen LogP) is 5.40. The van der Waals surface area contributed by atoms with Crippen molar-refractivity contribution in [2.24, 2.45) is 0 Å². The summed E-state index contributed by atoms with van der Waals surface area (Å²) in [5, 5.41) is 5.33. The molecule has 0 saturated carbocycles. The molecule has 1 aromatic heterocycles. The number of nitrogens with one attached hydrogen (secondary N) is 2. The highest BCUT2D eigenvalue weighted by molar-refractivity contribution is 5.78. The summed E-state index contributed by atoms with van der Waals surface area (Å²) in [6.07, 6.45) is 1.51. The first-order valence-electron chi connectivity index (χ1n) is 9.81. The molecule has 6 nitrogen and oxygen atoms in total. The zero-order valence-electron chi connectivity index (χ0n) is 16.7. The summed E-state index contributed by atoms with van der Waals surface area (Å²) in [6.45, 7) is 2.07. The van der Waals surface area contributed by atoms with Crippen LogP contribution >= 0.6 is 0 Å². The molecule has 3 aromatic carbocycles. The van der Waals surface area contributed by atoms with Crippen LogP contribution in [0.3, 0.4) is 0 Å². The fraction of sp³-hybridized carbons (Fsp3) is 0.0833. The summed E-state index contributed by atoms with van der Waals surface area (Å²) >= 11 is 0. The van der Waals surface area contributed by atoms with Gasteiger partial charge in [0, 0.05) is 0 Å². The molecule has 1 unspecified atom stereocenters. The lowest BCUT2D eigenvalue weighted by Crippen LogP contribution is -2.26. The monoisotopic (exact) mass is 396 g/mol. The average Bonchev–Trinajstić information content (AvgIpc) is 2.81. The predicted molar refractivity (Wildman–Crippen MR) is 124 cm³/mol. The Kier molecular flexibility index (Phi) is 5.75. The third-order valence-corrected chi connectivity index (χ3v) is 4.78. The van der Waals surface area contributed by atoms with Crippen molar-refractivity contribution in [3.8, 4) is 0 Å². The van der Waals surface area contributed by atoms with E-state index < -0.39 is 0 Å². The van der Waals surface area contributed by atoms with Gasteiger partial charge < -0.3 is 11.1 Å². The Balaban J connectivity index is 1.62. The number of hydrazine groups is 1. The normalized spacial score (nSPS) is 11.5. The number of aromatic nitrogens is 2. The third-order valence-electron chi connectivity index (χ3n) is 4.78. The van der Waals surface area contributed by atoms with Crippen LogP contribution in [0.5, 0.6) is 0 Å². The molecule has 4 aromatic rings. The van der Waals surface area contributed by atoms with Crippen molar-refractivity contribution < 1.29 is 0 Å². The van der Waals surface area contributed by atoms with Crippen LogP contribution in [0.2, 0.25) is 0 Å². The van der Waals surface area contributed by atoms with Crippen LogP contribution < -0.4 is 21.5 Å². The summed E-state index contributed by atoms with van der Waals surface area (Å²) in [7, 11) is 0. The largest absolute Gasteiger partial charge is 0.393 e. The zero-order chi connectivity index (χ0) is 20.8. The molecule has 0 aliphatic rings. The summed E-state index contributed by atoms with van der Waals surface area (Å²) in [6, 6.07) is 30.2. The standard InChI is InChI=1S/C24H24N6/c1-18(19-11-5-2-6-12-19)28-23-22(25)24(27-17-26-23)29-30(20-13-7-3-8-14-20)21-15-9-4-10-16-21/h2-18H,25H2,1H3,(H2,26,27,28,29). The molecule has 150 valence electrons. The summed E-state index contributed by atoms with van der Waals surface area (Å²) < 4.78 is 0. The van der Waals surface area contributed by atoms with Gasteiger partial charge in [0.15, 0.2) is 11.6 Å². The second-order valence-corrected chi connectivity index (χ2v) is 6.88. The molecule has 6 heteroatoms. The van der Waals surface area contributed by atoms with Crippen molar-refractivity contribution in [2.45, 2.75) is 13.0 Å². The SMILES string of the molecule is CC(Nc1ncnc(NN(c2ccccc2)c2ccccc2)c1N)c1ccccc1. The molecule has 0 spiro atoms. The Hall–Kier alpha value is -4.06. The van der Waals surface area contributed by atoms with Gasteiger partial charge in [0.2, 0.25) is 0 Å². The highest BCUT2D eigenvalue weighted by atomic mass is 15.5. The molecule has 4 N–H and O–H groups in total. The molecule has 4 rings (SSSR count). The number of hydrogen-bond donors (Lipinski definition) is 3. The topological polar surface area (TPSA) is 79.1 Å². The van der Waals surface area contributed by atoms with Gasteiger partial charge in [0.1, 0.15) is 12.0 Å². The van der Waals surface area contributed by atoms with Crippen LogP contribution in [0.15, 0.2) is 97.3 Å². The van der Waals surface area contributed by atoms with Gasteiger partial charge in [-0.05, 0) is 36.8 Å². The maximum atomic E-state index is 6.44. The molecular formula is C24H24N6. The third kappa shape index (κ3) is 4.33. The molecule has 0 aliphatic heterocycles. The molecule has 0 bridgehead atoms. The number of rotatable bonds is 7. The maximum Gasteiger partial charge on any atom is 0.173 e. The van der Waals surface area contributed by atoms with Crippen LogP contribution in [0.4, 0.5) is 28.7 Å². The van der Waals surface area contributed by atoms with E-state index in [9.17, 15) is 0 Å². The molecule has 0 amide bonds. The van der Waals surface area contributed by atoms with Gasteiger partial charge in [-0.25, -0.2) is 9.97 Å². The Morgan fingerprint density at radius 2 is 1.23 bits per heavy atom. The number of anilines is 5. The molecule has 0 radical (unpaired) electrons. The number of nitrogens with zero attached hydrogens (tertiary/aromatic N) is 3. The van der Waals surface area contributed by atoms with E-state index in [4.69, 9.17) is 5.73 Å². The second kappa shape index (κ2) is 8.96. The van der Waals surface area contributed by atoms with E-state index in [0.29, 0.717) is 17.3 Å². The van der Waals surface area contributed by atoms with Gasteiger partial charge in [-0.15, -0.1) is 0 Å². The molecule has 1 atom stereocenters. The smallest absolute Gasteiger partial charge is 0.173 e. The second-order valence-electron chi connectivity index (χ2n) is 6.88. The van der Waals surface area contributed by atoms with Crippen LogP contribution in [0.1, 0.15) is 18.5 Å². The number of nitrogens with two attached hydrogens (primary N) is 1. The van der Waals surface area contributed by atoms with E-state index in [-0.39, 0.29) is 6.04 Å². The number of benzene rings is 3. The summed E-state index contributed by atoms with van der Waals surface area (Å²) in [5.41, 5.74) is 13.3. The Morgan fingerprint density at radius 3 is 1.80 bits per heavy atom. The van der Waals surface area contributed by atoms with E-state index in [1.807, 2.05) is 83.9 Å². The minimum Gasteiger partial charge on any atom is -0.393 e. The molecule has 1 heterocycles. The lowest BCUT2D eigenvalue weighted by Gasteiger charge is -2.27. The summed E-state index contributed by atoms with van der Waals surface area (Å²) in [5.74, 6) is 1.12. The lowest BCUT2D eigenvalue weighted by atomic mass is 10.1. The van der Waals surface area contributed by atoms with Crippen molar-refractivity contribution in [3.63, 3.8) is 0 Å². The minimum atomic E-state index is 0.0515. The van der Waals surface area contributed by atoms with Gasteiger partial charge in [-0.1, -0.05) is 66.7 Å². The fourth-order valence-corrected chi connectivity index (χ4v) is 3.17. The van der Waals surface area contributed by atoms with Crippen molar-refractivity contribution >= 4 is 28.7 Å². The van der Waals surface area contributed by atoms with Crippen LogP contribution in [-0.4, -0.2) is 9.97 Å². The highest BCUT2D eigenvalue weighted by Gasteiger charge is 2.15. The van der Waals surface area contributed by atoms with Gasteiger partial charge >= 0.3 is 0 Å². The average molecular weight is 396 g/mol. The van der Waals surface area contributed by atoms with Crippen molar-refractivity contribution in [1.29, 1.82) is 0 Å². The Labute approximate surface area is 176 Å². The number of nitrogen functional groups attached to an aromatic ring is 1. The maximum absolute atomic E-state index is 6.44. The first-order chi connectivity index (χ1) is 14.7. The summed E-state index contributed by atoms with van der Waals surface area (Å²) in [4.78, 5) is 8.73. The Bertz CT molecular complexity index is 1030. The molecule has 30 heavy (non-hydrogen) atoms. The van der Waals surface area contributed by atoms with Gasteiger partial charge in [0.25, 0.3) is 0 Å². The first-order valence-corrected chi connectivity index (χ1v) is 9.81. The molecule has 0 saturated heterocycles. The van der Waals surface area contributed by atoms with Crippen molar-refractivity contribution in [2.75, 3.05) is 21.5 Å². The van der Waals surface area contributed by atoms with E-state index in [0.717, 1.165) is 16.9 Å². The van der Waals surface area contributed by atoms with Gasteiger partial charge in [0.05, 0.1) is 17.4 Å². The Morgan fingerprint density at radius 1 is 0.733 bits per heavy atom. The first kappa shape index (κ1) is 19.3. The number of para-hydroxylation sites is 2. The lowest BCUT2D eigenvalue weighted by molar-refractivity contribution is 0.873. The molecule has 0 aliphatic carbocycles. The number of hydrogen-bond acceptors (Lipinski definition) is 6. The highest BCUT2D eigenvalue weighted by Crippen LogP contribution is 2.30. The zero-order valence-corrected chi connectivity index (χ0v) is 16.7.